The SMILES string of the molecule is C1=C(CCNCc2ccccc2OCC2CCCO2)CCCC1. The van der Waals surface area contributed by atoms with Gasteiger partial charge in [-0.2, -0.15) is 0 Å². The van der Waals surface area contributed by atoms with E-state index in [2.05, 4.69) is 29.6 Å². The molecule has 1 aromatic carbocycles. The number of hydrogen-bond acceptors (Lipinski definition) is 3. The van der Waals surface area contributed by atoms with Crippen LogP contribution in [0.25, 0.3) is 0 Å². The van der Waals surface area contributed by atoms with E-state index in [1.807, 2.05) is 6.07 Å². The molecule has 1 heterocycles. The maximum Gasteiger partial charge on any atom is 0.123 e. The largest absolute Gasteiger partial charge is 0.491 e. The van der Waals surface area contributed by atoms with E-state index in [4.69, 9.17) is 9.47 Å². The fraction of sp³-hybridized carbons (Fsp3) is 0.600. The molecule has 0 aromatic heterocycles. The second kappa shape index (κ2) is 9.09. The van der Waals surface area contributed by atoms with E-state index in [1.54, 1.807) is 5.57 Å². The third-order valence-corrected chi connectivity index (χ3v) is 4.74. The van der Waals surface area contributed by atoms with Gasteiger partial charge in [-0.1, -0.05) is 29.8 Å². The summed E-state index contributed by atoms with van der Waals surface area (Å²) in [4.78, 5) is 0. The van der Waals surface area contributed by atoms with Gasteiger partial charge in [0.1, 0.15) is 12.4 Å². The Morgan fingerprint density at radius 3 is 2.96 bits per heavy atom. The van der Waals surface area contributed by atoms with Crippen LogP contribution in [0, 0.1) is 0 Å². The molecule has 1 aliphatic carbocycles. The Hall–Kier alpha value is -1.32. The van der Waals surface area contributed by atoms with Gasteiger partial charge in [0.2, 0.25) is 0 Å². The molecule has 2 aliphatic rings. The van der Waals surface area contributed by atoms with E-state index in [0.29, 0.717) is 6.61 Å². The lowest BCUT2D eigenvalue weighted by atomic mass is 9.97. The van der Waals surface area contributed by atoms with Gasteiger partial charge in [-0.25, -0.2) is 0 Å². The molecule has 3 rings (SSSR count). The van der Waals surface area contributed by atoms with E-state index < -0.39 is 0 Å². The molecule has 3 nitrogen and oxygen atoms in total. The normalized spacial score (nSPS) is 21.2. The van der Waals surface area contributed by atoms with Gasteiger partial charge < -0.3 is 14.8 Å². The van der Waals surface area contributed by atoms with E-state index in [1.165, 1.54) is 37.7 Å². The number of hydrogen-bond donors (Lipinski definition) is 1. The van der Waals surface area contributed by atoms with Gasteiger partial charge in [-0.3, -0.25) is 0 Å². The van der Waals surface area contributed by atoms with Crippen molar-refractivity contribution in [2.24, 2.45) is 0 Å². The zero-order valence-electron chi connectivity index (χ0n) is 14.1. The molecule has 1 saturated heterocycles. The van der Waals surface area contributed by atoms with Gasteiger partial charge in [0.05, 0.1) is 6.10 Å². The highest BCUT2D eigenvalue weighted by molar-refractivity contribution is 5.33. The maximum absolute atomic E-state index is 5.99. The molecule has 0 radical (unpaired) electrons. The fourth-order valence-electron chi connectivity index (χ4n) is 3.35. The Balaban J connectivity index is 1.42. The Morgan fingerprint density at radius 1 is 1.17 bits per heavy atom. The average molecular weight is 315 g/mol. The number of para-hydroxylation sites is 1. The zero-order valence-corrected chi connectivity index (χ0v) is 14.1. The summed E-state index contributed by atoms with van der Waals surface area (Å²) in [7, 11) is 0. The number of benzene rings is 1. The summed E-state index contributed by atoms with van der Waals surface area (Å²) in [6.07, 6.45) is 11.5. The fourth-order valence-corrected chi connectivity index (χ4v) is 3.35. The molecule has 3 heteroatoms. The Kier molecular flexibility index (Phi) is 6.54. The van der Waals surface area contributed by atoms with Crippen LogP contribution >= 0.6 is 0 Å². The van der Waals surface area contributed by atoms with Crippen molar-refractivity contribution in [2.75, 3.05) is 19.8 Å². The molecule has 1 fully saturated rings. The van der Waals surface area contributed by atoms with Crippen LogP contribution in [0.2, 0.25) is 0 Å². The quantitative estimate of drug-likeness (QED) is 0.575. The molecule has 0 saturated carbocycles. The van der Waals surface area contributed by atoms with Crippen LogP contribution in [0.15, 0.2) is 35.9 Å². The molecule has 126 valence electrons. The molecule has 1 unspecified atom stereocenters. The Bertz CT molecular complexity index is 506. The lowest BCUT2D eigenvalue weighted by Gasteiger charge is -2.16. The van der Waals surface area contributed by atoms with Gasteiger partial charge in [-0.05, 0) is 57.6 Å². The van der Waals surface area contributed by atoms with Crippen LogP contribution in [0.3, 0.4) is 0 Å². The van der Waals surface area contributed by atoms with Crippen LogP contribution in [-0.4, -0.2) is 25.9 Å². The lowest BCUT2D eigenvalue weighted by molar-refractivity contribution is 0.0676. The van der Waals surface area contributed by atoms with Crippen LogP contribution in [0.5, 0.6) is 5.75 Å². The highest BCUT2D eigenvalue weighted by atomic mass is 16.5. The maximum atomic E-state index is 5.99. The van der Waals surface area contributed by atoms with Crippen molar-refractivity contribution in [1.82, 2.24) is 5.32 Å². The molecule has 23 heavy (non-hydrogen) atoms. The van der Waals surface area contributed by atoms with Crippen molar-refractivity contribution < 1.29 is 9.47 Å². The smallest absolute Gasteiger partial charge is 0.123 e. The van der Waals surface area contributed by atoms with Crippen LogP contribution in [-0.2, 0) is 11.3 Å². The number of allylic oxidation sites excluding steroid dienone is 1. The van der Waals surface area contributed by atoms with E-state index in [0.717, 1.165) is 38.3 Å². The number of nitrogens with one attached hydrogen (secondary N) is 1. The van der Waals surface area contributed by atoms with Gasteiger partial charge >= 0.3 is 0 Å². The summed E-state index contributed by atoms with van der Waals surface area (Å²) in [5.74, 6) is 0.993. The molecule has 1 N–H and O–H groups in total. The predicted molar refractivity (Wildman–Crippen MR) is 93.8 cm³/mol. The number of ether oxygens (including phenoxy) is 2. The average Bonchev–Trinajstić information content (AvgIpc) is 3.12. The summed E-state index contributed by atoms with van der Waals surface area (Å²) in [6, 6.07) is 8.34. The van der Waals surface area contributed by atoms with Gasteiger partial charge in [0.25, 0.3) is 0 Å². The predicted octanol–water partition coefficient (Wildman–Crippen LogP) is 4.22. The standard InChI is InChI=1S/C20H29NO2/c1-2-7-17(8-3-1)12-13-21-15-18-9-4-5-11-20(18)23-16-19-10-6-14-22-19/h4-5,7,9,11,19,21H,1-3,6,8,10,12-16H2. The first-order valence-electron chi connectivity index (χ1n) is 9.13. The van der Waals surface area contributed by atoms with E-state index in [-0.39, 0.29) is 6.10 Å². The Morgan fingerprint density at radius 2 is 2.13 bits per heavy atom. The van der Waals surface area contributed by atoms with Gasteiger partial charge in [0, 0.05) is 18.7 Å². The molecular formula is C20H29NO2. The van der Waals surface area contributed by atoms with Crippen molar-refractivity contribution in [3.05, 3.63) is 41.5 Å². The summed E-state index contributed by atoms with van der Waals surface area (Å²) in [6.45, 7) is 3.47. The van der Waals surface area contributed by atoms with Crippen molar-refractivity contribution in [2.45, 2.75) is 57.6 Å². The first kappa shape index (κ1) is 16.5. The third-order valence-electron chi connectivity index (χ3n) is 4.74. The van der Waals surface area contributed by atoms with Crippen LogP contribution in [0.4, 0.5) is 0 Å². The van der Waals surface area contributed by atoms with Crippen molar-refractivity contribution >= 4 is 0 Å². The zero-order chi connectivity index (χ0) is 15.7. The summed E-state index contributed by atoms with van der Waals surface area (Å²) in [5.41, 5.74) is 2.87. The van der Waals surface area contributed by atoms with Crippen molar-refractivity contribution in [3.63, 3.8) is 0 Å². The van der Waals surface area contributed by atoms with Gasteiger partial charge in [0.15, 0.2) is 0 Å². The minimum Gasteiger partial charge on any atom is -0.491 e. The Labute approximate surface area is 140 Å². The molecule has 0 bridgehead atoms. The first-order chi connectivity index (χ1) is 11.4. The summed E-state index contributed by atoms with van der Waals surface area (Å²) >= 11 is 0. The second-order valence-corrected chi connectivity index (χ2v) is 6.59. The minimum absolute atomic E-state index is 0.272. The van der Waals surface area contributed by atoms with Crippen LogP contribution in [0.1, 0.15) is 50.5 Å². The summed E-state index contributed by atoms with van der Waals surface area (Å²) < 4.78 is 11.6. The van der Waals surface area contributed by atoms with Crippen LogP contribution < -0.4 is 10.1 Å². The highest BCUT2D eigenvalue weighted by Gasteiger charge is 2.16. The van der Waals surface area contributed by atoms with Crippen molar-refractivity contribution in [1.29, 1.82) is 0 Å². The highest BCUT2D eigenvalue weighted by Crippen LogP contribution is 2.21. The third kappa shape index (κ3) is 5.36. The van der Waals surface area contributed by atoms with Crippen molar-refractivity contribution in [3.8, 4) is 5.75 Å². The molecule has 1 aliphatic heterocycles. The topological polar surface area (TPSA) is 30.5 Å². The molecule has 1 atom stereocenters. The minimum atomic E-state index is 0.272. The van der Waals surface area contributed by atoms with E-state index in [9.17, 15) is 0 Å². The second-order valence-electron chi connectivity index (χ2n) is 6.59. The lowest BCUT2D eigenvalue weighted by Crippen LogP contribution is -2.19. The molecule has 1 aromatic rings. The monoisotopic (exact) mass is 315 g/mol. The molecular weight excluding hydrogens is 286 g/mol. The first-order valence-corrected chi connectivity index (χ1v) is 9.13. The number of rotatable bonds is 8. The van der Waals surface area contributed by atoms with E-state index >= 15 is 0 Å². The summed E-state index contributed by atoms with van der Waals surface area (Å²) in [5, 5.41) is 3.57. The molecule has 0 spiro atoms. The van der Waals surface area contributed by atoms with Gasteiger partial charge in [-0.15, -0.1) is 0 Å². The molecule has 0 amide bonds.